The lowest BCUT2D eigenvalue weighted by Gasteiger charge is -2.12. The second kappa shape index (κ2) is 8.30. The maximum Gasteiger partial charge on any atom is 0.274 e. The number of halogens is 1. The van der Waals surface area contributed by atoms with E-state index in [0.717, 1.165) is 24.1 Å². The summed E-state index contributed by atoms with van der Waals surface area (Å²) in [6.45, 7) is 1.98. The number of aromatic nitrogens is 5. The van der Waals surface area contributed by atoms with Crippen LogP contribution >= 0.6 is 0 Å². The molecule has 1 amide bonds. The molecule has 7 nitrogen and oxygen atoms in total. The van der Waals surface area contributed by atoms with Crippen LogP contribution in [0.25, 0.3) is 22.5 Å². The molecule has 0 atom stereocenters. The molecule has 0 bridgehead atoms. The molecular weight excluding hydrogens is 407 g/mol. The van der Waals surface area contributed by atoms with Crippen molar-refractivity contribution in [3.8, 4) is 22.5 Å². The van der Waals surface area contributed by atoms with Crippen molar-refractivity contribution in [3.05, 3.63) is 78.4 Å². The average molecular weight is 428 g/mol. The summed E-state index contributed by atoms with van der Waals surface area (Å²) in [5, 5.41) is 10.9. The van der Waals surface area contributed by atoms with E-state index >= 15 is 0 Å². The van der Waals surface area contributed by atoms with Crippen LogP contribution in [0.3, 0.4) is 0 Å². The predicted molar refractivity (Wildman–Crippen MR) is 118 cm³/mol. The normalized spacial score (nSPS) is 13.2. The molecule has 1 saturated carbocycles. The molecule has 0 unspecified atom stereocenters. The lowest BCUT2D eigenvalue weighted by Crippen LogP contribution is -2.16. The summed E-state index contributed by atoms with van der Waals surface area (Å²) in [5.74, 6) is -0.320. The first kappa shape index (κ1) is 20.0. The highest BCUT2D eigenvalue weighted by Gasteiger charge is 2.27. The van der Waals surface area contributed by atoms with Gasteiger partial charge in [-0.2, -0.15) is 0 Å². The van der Waals surface area contributed by atoms with Gasteiger partial charge in [-0.3, -0.25) is 9.78 Å². The Morgan fingerprint density at radius 3 is 2.69 bits per heavy atom. The smallest absolute Gasteiger partial charge is 0.274 e. The van der Waals surface area contributed by atoms with Gasteiger partial charge in [0, 0.05) is 35.4 Å². The number of nitrogens with one attached hydrogen (secondary N) is 1. The Morgan fingerprint density at radius 1 is 1.12 bits per heavy atom. The zero-order valence-electron chi connectivity index (χ0n) is 17.5. The third-order valence-electron chi connectivity index (χ3n) is 5.50. The van der Waals surface area contributed by atoms with Crippen molar-refractivity contribution in [3.63, 3.8) is 0 Å². The zero-order valence-corrected chi connectivity index (χ0v) is 17.5. The summed E-state index contributed by atoms with van der Waals surface area (Å²) in [6.07, 6.45) is 7.73. The monoisotopic (exact) mass is 428 g/mol. The fourth-order valence-electron chi connectivity index (χ4n) is 3.65. The van der Waals surface area contributed by atoms with Crippen LogP contribution in [0, 0.1) is 5.82 Å². The summed E-state index contributed by atoms with van der Waals surface area (Å²) in [4.78, 5) is 21.8. The number of benzene rings is 1. The molecule has 1 N–H and O–H groups in total. The van der Waals surface area contributed by atoms with E-state index in [-0.39, 0.29) is 5.91 Å². The van der Waals surface area contributed by atoms with Crippen molar-refractivity contribution in [2.75, 3.05) is 5.32 Å². The van der Waals surface area contributed by atoms with Gasteiger partial charge in [-0.25, -0.2) is 9.37 Å². The molecule has 5 rings (SSSR count). The fourth-order valence-corrected chi connectivity index (χ4v) is 3.65. The standard InChI is InChI=1S/C24H21FN6O/c1-2-16-3-7-19(15-9-11-26-12-10-15)22(28-16)24(32)29-17-4-8-21(25)20(13-17)23-30-27-14-31(23)18-5-6-18/h3-4,7-14,18H,2,5-6H2,1H3,(H,29,32). The van der Waals surface area contributed by atoms with Crippen LogP contribution in [0.4, 0.5) is 10.1 Å². The third-order valence-corrected chi connectivity index (χ3v) is 5.50. The van der Waals surface area contributed by atoms with E-state index in [9.17, 15) is 9.18 Å². The molecular formula is C24H21FN6O. The van der Waals surface area contributed by atoms with Gasteiger partial charge in [0.2, 0.25) is 0 Å². The minimum atomic E-state index is -0.415. The molecule has 0 aliphatic heterocycles. The van der Waals surface area contributed by atoms with Crippen LogP contribution in [0.1, 0.15) is 42.0 Å². The molecule has 32 heavy (non-hydrogen) atoms. The molecule has 0 saturated heterocycles. The van der Waals surface area contributed by atoms with Gasteiger partial charge in [-0.15, -0.1) is 10.2 Å². The third kappa shape index (κ3) is 3.87. The van der Waals surface area contributed by atoms with Gasteiger partial charge in [0.15, 0.2) is 5.82 Å². The summed E-state index contributed by atoms with van der Waals surface area (Å²) >= 11 is 0. The SMILES string of the molecule is CCc1ccc(-c2ccncc2)c(C(=O)Nc2ccc(F)c(-c3nncn3C3CC3)c2)n1. The molecule has 1 fully saturated rings. The quantitative estimate of drug-likeness (QED) is 0.482. The Morgan fingerprint density at radius 2 is 1.94 bits per heavy atom. The van der Waals surface area contributed by atoms with Gasteiger partial charge in [-0.05, 0) is 61.2 Å². The lowest BCUT2D eigenvalue weighted by molar-refractivity contribution is 0.102. The number of rotatable bonds is 6. The maximum absolute atomic E-state index is 14.6. The number of hydrogen-bond donors (Lipinski definition) is 1. The fraction of sp³-hybridized carbons (Fsp3) is 0.208. The zero-order chi connectivity index (χ0) is 22.1. The molecule has 1 aliphatic carbocycles. The Kier molecular flexibility index (Phi) is 5.18. The maximum atomic E-state index is 14.6. The van der Waals surface area contributed by atoms with E-state index in [0.29, 0.717) is 40.8 Å². The second-order valence-electron chi connectivity index (χ2n) is 7.73. The second-order valence-corrected chi connectivity index (χ2v) is 7.73. The number of pyridine rings is 2. The largest absolute Gasteiger partial charge is 0.321 e. The number of amides is 1. The number of anilines is 1. The molecule has 3 aromatic heterocycles. The van der Waals surface area contributed by atoms with E-state index in [1.54, 1.807) is 24.8 Å². The van der Waals surface area contributed by atoms with Crippen LogP contribution in [0.5, 0.6) is 0 Å². The molecule has 1 aromatic carbocycles. The van der Waals surface area contributed by atoms with E-state index in [1.807, 2.05) is 35.8 Å². The van der Waals surface area contributed by atoms with Crippen molar-refractivity contribution in [2.24, 2.45) is 0 Å². The molecule has 3 heterocycles. The lowest BCUT2D eigenvalue weighted by atomic mass is 10.0. The minimum Gasteiger partial charge on any atom is -0.321 e. The predicted octanol–water partition coefficient (Wildman–Crippen LogP) is 4.69. The first-order chi connectivity index (χ1) is 15.6. The van der Waals surface area contributed by atoms with Gasteiger partial charge in [0.25, 0.3) is 5.91 Å². The topological polar surface area (TPSA) is 85.6 Å². The molecule has 1 aliphatic rings. The van der Waals surface area contributed by atoms with E-state index < -0.39 is 5.82 Å². The molecule has 4 aromatic rings. The summed E-state index contributed by atoms with van der Waals surface area (Å²) < 4.78 is 16.5. The van der Waals surface area contributed by atoms with E-state index in [4.69, 9.17) is 0 Å². The molecule has 8 heteroatoms. The summed E-state index contributed by atoms with van der Waals surface area (Å²) in [7, 11) is 0. The summed E-state index contributed by atoms with van der Waals surface area (Å²) in [6, 6.07) is 12.2. The van der Waals surface area contributed by atoms with Gasteiger partial charge in [0.05, 0.1) is 5.56 Å². The molecule has 0 spiro atoms. The Balaban J connectivity index is 1.49. The van der Waals surface area contributed by atoms with Crippen molar-refractivity contribution < 1.29 is 9.18 Å². The van der Waals surface area contributed by atoms with Gasteiger partial charge in [0.1, 0.15) is 17.8 Å². The van der Waals surface area contributed by atoms with Crippen LogP contribution in [0.15, 0.2) is 61.2 Å². The van der Waals surface area contributed by atoms with Crippen LogP contribution in [-0.2, 0) is 6.42 Å². The van der Waals surface area contributed by atoms with E-state index in [2.05, 4.69) is 25.5 Å². The van der Waals surface area contributed by atoms with Crippen molar-refractivity contribution >= 4 is 11.6 Å². The van der Waals surface area contributed by atoms with Crippen LogP contribution in [0.2, 0.25) is 0 Å². The Labute approximate surface area is 184 Å². The number of hydrogen-bond acceptors (Lipinski definition) is 5. The minimum absolute atomic E-state index is 0.303. The number of carbonyl (C=O) groups is 1. The van der Waals surface area contributed by atoms with E-state index in [1.165, 1.54) is 12.1 Å². The summed E-state index contributed by atoms with van der Waals surface area (Å²) in [5.41, 5.74) is 3.43. The first-order valence-corrected chi connectivity index (χ1v) is 10.5. The Bertz CT molecular complexity index is 1280. The van der Waals surface area contributed by atoms with Gasteiger partial charge < -0.3 is 9.88 Å². The van der Waals surface area contributed by atoms with Gasteiger partial charge in [-0.1, -0.05) is 13.0 Å². The average Bonchev–Trinajstić information content (AvgIpc) is 3.56. The highest BCUT2D eigenvalue weighted by atomic mass is 19.1. The van der Waals surface area contributed by atoms with Crippen LogP contribution in [-0.4, -0.2) is 30.6 Å². The van der Waals surface area contributed by atoms with Gasteiger partial charge >= 0.3 is 0 Å². The highest BCUT2D eigenvalue weighted by molar-refractivity contribution is 6.07. The number of carbonyl (C=O) groups excluding carboxylic acids is 1. The molecule has 0 radical (unpaired) electrons. The first-order valence-electron chi connectivity index (χ1n) is 10.5. The number of nitrogens with zero attached hydrogens (tertiary/aromatic N) is 5. The van der Waals surface area contributed by atoms with Crippen LogP contribution < -0.4 is 5.32 Å². The Hall–Kier alpha value is -3.94. The number of aryl methyl sites for hydroxylation is 1. The molecule has 160 valence electrons. The highest BCUT2D eigenvalue weighted by Crippen LogP contribution is 2.38. The van der Waals surface area contributed by atoms with Crippen molar-refractivity contribution in [1.29, 1.82) is 0 Å². The van der Waals surface area contributed by atoms with Crippen molar-refractivity contribution in [1.82, 2.24) is 24.7 Å². The van der Waals surface area contributed by atoms with Crippen molar-refractivity contribution in [2.45, 2.75) is 32.2 Å².